The number of anilines is 1. The maximum Gasteiger partial charge on any atom is 0.154 e. The monoisotopic (exact) mass is 311 g/mol. The molecule has 2 rings (SSSR count). The van der Waals surface area contributed by atoms with Crippen molar-refractivity contribution in [3.05, 3.63) is 46.4 Å². The minimum Gasteiger partial charge on any atom is -0.491 e. The molecule has 0 aliphatic carbocycles. The summed E-state index contributed by atoms with van der Waals surface area (Å²) in [6, 6.07) is 10.5. The Morgan fingerprint density at radius 3 is 2.50 bits per heavy atom. The minimum atomic E-state index is 0.432. The normalized spacial score (nSPS) is 10.3. The average Bonchev–Trinajstić information content (AvgIpc) is 2.44. The van der Waals surface area contributed by atoms with Gasteiger partial charge in [0.15, 0.2) is 5.75 Å². The topological polar surface area (TPSA) is 44.5 Å². The molecule has 0 aliphatic heterocycles. The quantitative estimate of drug-likeness (QED) is 0.776. The van der Waals surface area contributed by atoms with Crippen molar-refractivity contribution in [3.8, 4) is 17.2 Å². The highest BCUT2D eigenvalue weighted by Crippen LogP contribution is 2.36. The van der Waals surface area contributed by atoms with E-state index in [1.807, 2.05) is 19.1 Å². The predicted molar refractivity (Wildman–Crippen MR) is 83.2 cm³/mol. The molecular formula is C15H15Cl2NO2. The van der Waals surface area contributed by atoms with Crippen molar-refractivity contribution in [2.75, 3.05) is 12.3 Å². The second-order valence-electron chi connectivity index (χ2n) is 4.19. The Morgan fingerprint density at radius 1 is 1.05 bits per heavy atom. The number of para-hydroxylation sites is 1. The minimum absolute atomic E-state index is 0.432. The molecule has 106 valence electrons. The van der Waals surface area contributed by atoms with E-state index in [0.717, 1.165) is 6.42 Å². The molecule has 0 saturated carbocycles. The fraction of sp³-hybridized carbons (Fsp3) is 0.200. The van der Waals surface area contributed by atoms with Crippen LogP contribution in [0.2, 0.25) is 10.0 Å². The number of hydrogen-bond acceptors (Lipinski definition) is 3. The van der Waals surface area contributed by atoms with Gasteiger partial charge in [0.2, 0.25) is 0 Å². The molecule has 2 N–H and O–H groups in total. The summed E-state index contributed by atoms with van der Waals surface area (Å²) in [7, 11) is 0. The van der Waals surface area contributed by atoms with Crippen molar-refractivity contribution >= 4 is 28.9 Å². The highest BCUT2D eigenvalue weighted by molar-refractivity contribution is 6.42. The molecule has 0 aliphatic rings. The first kappa shape index (κ1) is 14.8. The molecule has 0 bridgehead atoms. The van der Waals surface area contributed by atoms with Crippen LogP contribution in [-0.2, 0) is 0 Å². The lowest BCUT2D eigenvalue weighted by molar-refractivity contribution is 0.318. The molecule has 0 aromatic heterocycles. The van der Waals surface area contributed by atoms with Crippen molar-refractivity contribution in [1.29, 1.82) is 0 Å². The zero-order chi connectivity index (χ0) is 14.5. The summed E-state index contributed by atoms with van der Waals surface area (Å²) in [4.78, 5) is 0. The average molecular weight is 312 g/mol. The molecule has 2 aromatic rings. The van der Waals surface area contributed by atoms with E-state index in [0.29, 0.717) is 39.6 Å². The van der Waals surface area contributed by atoms with E-state index in [2.05, 4.69) is 0 Å². The highest BCUT2D eigenvalue weighted by atomic mass is 35.5. The fourth-order valence-corrected chi connectivity index (χ4v) is 1.91. The summed E-state index contributed by atoms with van der Waals surface area (Å²) in [5.41, 5.74) is 6.50. The van der Waals surface area contributed by atoms with Gasteiger partial charge in [-0.1, -0.05) is 36.2 Å². The molecule has 0 fully saturated rings. The number of ether oxygens (including phenoxy) is 2. The predicted octanol–water partition coefficient (Wildman–Crippen LogP) is 5.16. The van der Waals surface area contributed by atoms with Crippen molar-refractivity contribution in [2.24, 2.45) is 0 Å². The third-order valence-electron chi connectivity index (χ3n) is 2.61. The van der Waals surface area contributed by atoms with E-state index >= 15 is 0 Å². The number of hydrogen-bond donors (Lipinski definition) is 1. The Bertz CT molecular complexity index is 602. The second-order valence-corrected chi connectivity index (χ2v) is 5.01. The second kappa shape index (κ2) is 6.73. The Hall–Kier alpha value is -1.58. The molecule has 0 spiro atoms. The number of benzene rings is 2. The Balaban J connectivity index is 2.22. The molecule has 20 heavy (non-hydrogen) atoms. The molecule has 5 heteroatoms. The third-order valence-corrected chi connectivity index (χ3v) is 3.35. The van der Waals surface area contributed by atoms with Gasteiger partial charge in [-0.15, -0.1) is 0 Å². The van der Waals surface area contributed by atoms with Gasteiger partial charge in [0, 0.05) is 6.07 Å². The van der Waals surface area contributed by atoms with Gasteiger partial charge in [0.25, 0.3) is 0 Å². The molecule has 0 radical (unpaired) electrons. The molecule has 0 amide bonds. The van der Waals surface area contributed by atoms with Gasteiger partial charge in [0.1, 0.15) is 17.2 Å². The van der Waals surface area contributed by atoms with Crippen LogP contribution >= 0.6 is 23.2 Å². The van der Waals surface area contributed by atoms with Crippen LogP contribution in [0.5, 0.6) is 17.2 Å². The summed E-state index contributed by atoms with van der Waals surface area (Å²) < 4.78 is 11.3. The maximum absolute atomic E-state index is 6.03. The van der Waals surface area contributed by atoms with Gasteiger partial charge in [-0.3, -0.25) is 0 Å². The lowest BCUT2D eigenvalue weighted by Gasteiger charge is -2.13. The van der Waals surface area contributed by atoms with E-state index in [1.54, 1.807) is 24.3 Å². The van der Waals surface area contributed by atoms with E-state index in [-0.39, 0.29) is 0 Å². The SMILES string of the molecule is CCCOc1cccc(Oc2ccc(Cl)c(Cl)c2)c1N. The van der Waals surface area contributed by atoms with Crippen LogP contribution in [0.4, 0.5) is 5.69 Å². The lowest BCUT2D eigenvalue weighted by Crippen LogP contribution is -2.00. The van der Waals surface area contributed by atoms with Crippen LogP contribution in [-0.4, -0.2) is 6.61 Å². The van der Waals surface area contributed by atoms with Crippen molar-refractivity contribution < 1.29 is 9.47 Å². The zero-order valence-corrected chi connectivity index (χ0v) is 12.5. The summed E-state index contributed by atoms with van der Waals surface area (Å²) in [5, 5.41) is 0.910. The summed E-state index contributed by atoms with van der Waals surface area (Å²) in [6.45, 7) is 2.65. The van der Waals surface area contributed by atoms with Crippen LogP contribution < -0.4 is 15.2 Å². The molecule has 2 aromatic carbocycles. The van der Waals surface area contributed by atoms with E-state index < -0.39 is 0 Å². The van der Waals surface area contributed by atoms with E-state index in [1.165, 1.54) is 0 Å². The van der Waals surface area contributed by atoms with Crippen molar-refractivity contribution in [1.82, 2.24) is 0 Å². The van der Waals surface area contributed by atoms with Crippen molar-refractivity contribution in [2.45, 2.75) is 13.3 Å². The van der Waals surface area contributed by atoms with Gasteiger partial charge in [-0.25, -0.2) is 0 Å². The van der Waals surface area contributed by atoms with Crippen LogP contribution in [0.1, 0.15) is 13.3 Å². The lowest BCUT2D eigenvalue weighted by atomic mass is 10.2. The number of rotatable bonds is 5. The molecule has 3 nitrogen and oxygen atoms in total. The first-order chi connectivity index (χ1) is 9.61. The van der Waals surface area contributed by atoms with Crippen LogP contribution in [0.15, 0.2) is 36.4 Å². The van der Waals surface area contributed by atoms with Gasteiger partial charge < -0.3 is 15.2 Å². The van der Waals surface area contributed by atoms with Crippen LogP contribution in [0.3, 0.4) is 0 Å². The third kappa shape index (κ3) is 3.50. The molecule has 0 saturated heterocycles. The Kier molecular flexibility index (Phi) is 4.99. The summed E-state index contributed by atoms with van der Waals surface area (Å²) >= 11 is 11.8. The van der Waals surface area contributed by atoms with E-state index in [4.69, 9.17) is 38.4 Å². The van der Waals surface area contributed by atoms with Gasteiger partial charge in [0.05, 0.1) is 16.7 Å². The first-order valence-corrected chi connectivity index (χ1v) is 7.01. The molecule has 0 heterocycles. The summed E-state index contributed by atoms with van der Waals surface area (Å²) in [5.74, 6) is 1.71. The summed E-state index contributed by atoms with van der Waals surface area (Å²) in [6.07, 6.45) is 0.914. The van der Waals surface area contributed by atoms with E-state index in [9.17, 15) is 0 Å². The smallest absolute Gasteiger partial charge is 0.154 e. The zero-order valence-electron chi connectivity index (χ0n) is 11.0. The standard InChI is InChI=1S/C15H15Cl2NO2/c1-2-8-19-13-4-3-5-14(15(13)18)20-10-6-7-11(16)12(17)9-10/h3-7,9H,2,8,18H2,1H3. The highest BCUT2D eigenvalue weighted by Gasteiger charge is 2.09. The Morgan fingerprint density at radius 2 is 1.80 bits per heavy atom. The largest absolute Gasteiger partial charge is 0.491 e. The van der Waals surface area contributed by atoms with Crippen LogP contribution in [0.25, 0.3) is 0 Å². The Labute approximate surface area is 128 Å². The number of nitrogen functional groups attached to an aromatic ring is 1. The van der Waals surface area contributed by atoms with Gasteiger partial charge in [-0.2, -0.15) is 0 Å². The first-order valence-electron chi connectivity index (χ1n) is 6.26. The number of nitrogens with two attached hydrogens (primary N) is 1. The molecule has 0 atom stereocenters. The fourth-order valence-electron chi connectivity index (χ4n) is 1.62. The molecular weight excluding hydrogens is 297 g/mol. The maximum atomic E-state index is 6.03. The number of halogens is 2. The molecule has 0 unspecified atom stereocenters. The van der Waals surface area contributed by atoms with Gasteiger partial charge in [-0.05, 0) is 30.7 Å². The van der Waals surface area contributed by atoms with Crippen molar-refractivity contribution in [3.63, 3.8) is 0 Å². The van der Waals surface area contributed by atoms with Gasteiger partial charge >= 0.3 is 0 Å². The van der Waals surface area contributed by atoms with Crippen LogP contribution in [0, 0.1) is 0 Å².